The Morgan fingerprint density at radius 2 is 1.63 bits per heavy atom. The minimum Gasteiger partial charge on any atom is -0.310 e. The largest absolute Gasteiger partial charge is 0.310 e. The van der Waals surface area contributed by atoms with E-state index in [-0.39, 0.29) is 0 Å². The van der Waals surface area contributed by atoms with Crippen molar-refractivity contribution in [2.45, 2.75) is 37.1 Å². The van der Waals surface area contributed by atoms with Crippen molar-refractivity contribution in [1.82, 2.24) is 5.32 Å². The summed E-state index contributed by atoms with van der Waals surface area (Å²) in [7, 11) is 0. The van der Waals surface area contributed by atoms with Crippen LogP contribution < -0.4 is 5.32 Å². The highest BCUT2D eigenvalue weighted by molar-refractivity contribution is 7.98. The topological polar surface area (TPSA) is 12.0 Å². The van der Waals surface area contributed by atoms with Gasteiger partial charge in [-0.2, -0.15) is 0 Å². The average Bonchev–Trinajstić information content (AvgIpc) is 2.45. The van der Waals surface area contributed by atoms with Gasteiger partial charge in [0.2, 0.25) is 0 Å². The van der Waals surface area contributed by atoms with Crippen molar-refractivity contribution in [2.75, 3.05) is 0 Å². The molecule has 2 aromatic carbocycles. The maximum atomic E-state index is 3.49. The lowest BCUT2D eigenvalue weighted by molar-refractivity contribution is 0.585. The Kier molecular flexibility index (Phi) is 5.49. The van der Waals surface area contributed by atoms with E-state index in [2.05, 4.69) is 73.8 Å². The number of nitrogens with one attached hydrogen (secondary N) is 1. The summed E-state index contributed by atoms with van der Waals surface area (Å²) in [5.74, 6) is 1.03. The summed E-state index contributed by atoms with van der Waals surface area (Å²) in [5, 5.41) is 3.49. The predicted octanol–water partition coefficient (Wildman–Crippen LogP) is 4.48. The molecule has 0 atom stereocenters. The first-order valence-corrected chi connectivity index (χ1v) is 7.72. The molecule has 0 aromatic heterocycles. The third-order valence-electron chi connectivity index (χ3n) is 2.91. The van der Waals surface area contributed by atoms with E-state index in [1.165, 1.54) is 16.0 Å². The van der Waals surface area contributed by atoms with E-state index in [4.69, 9.17) is 0 Å². The summed E-state index contributed by atoms with van der Waals surface area (Å²) >= 11 is 1.91. The quantitative estimate of drug-likeness (QED) is 0.778. The van der Waals surface area contributed by atoms with E-state index in [1.807, 2.05) is 11.8 Å². The minimum absolute atomic E-state index is 0.521. The Morgan fingerprint density at radius 1 is 0.947 bits per heavy atom. The van der Waals surface area contributed by atoms with E-state index in [0.717, 1.165) is 12.3 Å². The van der Waals surface area contributed by atoms with E-state index in [9.17, 15) is 0 Å². The predicted molar refractivity (Wildman–Crippen MR) is 84.4 cm³/mol. The summed E-state index contributed by atoms with van der Waals surface area (Å²) in [4.78, 5) is 1.37. The Morgan fingerprint density at radius 3 is 2.37 bits per heavy atom. The molecule has 0 radical (unpaired) electrons. The molecule has 0 unspecified atom stereocenters. The van der Waals surface area contributed by atoms with Crippen LogP contribution in [0.15, 0.2) is 59.5 Å². The van der Waals surface area contributed by atoms with Crippen LogP contribution in [0, 0.1) is 0 Å². The molecule has 0 bridgehead atoms. The van der Waals surface area contributed by atoms with Crippen LogP contribution in [0.5, 0.6) is 0 Å². The van der Waals surface area contributed by atoms with Gasteiger partial charge in [-0.15, -0.1) is 11.8 Å². The van der Waals surface area contributed by atoms with Crippen LogP contribution in [0.1, 0.15) is 25.0 Å². The molecule has 0 aliphatic carbocycles. The van der Waals surface area contributed by atoms with Crippen LogP contribution in [-0.2, 0) is 12.3 Å². The molecule has 0 heterocycles. The normalized spacial score (nSPS) is 10.9. The van der Waals surface area contributed by atoms with Crippen molar-refractivity contribution >= 4 is 11.8 Å². The maximum absolute atomic E-state index is 3.49. The van der Waals surface area contributed by atoms with Crippen molar-refractivity contribution in [1.29, 1.82) is 0 Å². The molecule has 0 saturated heterocycles. The Bertz CT molecular complexity index is 494. The fraction of sp³-hybridized carbons (Fsp3) is 0.294. The fourth-order valence-electron chi connectivity index (χ4n) is 1.84. The van der Waals surface area contributed by atoms with Crippen LogP contribution in [0.25, 0.3) is 0 Å². The highest BCUT2D eigenvalue weighted by atomic mass is 32.2. The number of thioether (sulfide) groups is 1. The molecule has 1 nitrogen and oxygen atoms in total. The van der Waals surface area contributed by atoms with Crippen molar-refractivity contribution in [3.8, 4) is 0 Å². The second-order valence-corrected chi connectivity index (χ2v) is 5.93. The maximum Gasteiger partial charge on any atom is 0.0232 e. The van der Waals surface area contributed by atoms with Gasteiger partial charge in [-0.05, 0) is 17.2 Å². The van der Waals surface area contributed by atoms with Gasteiger partial charge < -0.3 is 5.32 Å². The van der Waals surface area contributed by atoms with Crippen LogP contribution in [0.2, 0.25) is 0 Å². The number of rotatable bonds is 6. The SMILES string of the molecule is CC(C)NCc1ccccc1SCc1ccccc1. The molecule has 2 aromatic rings. The zero-order chi connectivity index (χ0) is 13.5. The molecule has 19 heavy (non-hydrogen) atoms. The third-order valence-corrected chi connectivity index (χ3v) is 4.10. The van der Waals surface area contributed by atoms with Gasteiger partial charge in [0.25, 0.3) is 0 Å². The molecule has 0 spiro atoms. The molecule has 0 aliphatic heterocycles. The van der Waals surface area contributed by atoms with E-state index in [1.54, 1.807) is 0 Å². The molecule has 1 N–H and O–H groups in total. The van der Waals surface area contributed by atoms with Gasteiger partial charge in [0.15, 0.2) is 0 Å². The molecule has 0 saturated carbocycles. The molecular weight excluding hydrogens is 250 g/mol. The number of benzene rings is 2. The Balaban J connectivity index is 1.99. The van der Waals surface area contributed by atoms with Crippen molar-refractivity contribution < 1.29 is 0 Å². The molecule has 2 heteroatoms. The van der Waals surface area contributed by atoms with Crippen LogP contribution >= 0.6 is 11.8 Å². The zero-order valence-electron chi connectivity index (χ0n) is 11.6. The second kappa shape index (κ2) is 7.37. The average molecular weight is 271 g/mol. The van der Waals surface area contributed by atoms with Gasteiger partial charge >= 0.3 is 0 Å². The lowest BCUT2D eigenvalue weighted by Gasteiger charge is -2.12. The standard InChI is InChI=1S/C17H21NS/c1-14(2)18-12-16-10-6-7-11-17(16)19-13-15-8-4-3-5-9-15/h3-11,14,18H,12-13H2,1-2H3. The zero-order valence-corrected chi connectivity index (χ0v) is 12.4. The highest BCUT2D eigenvalue weighted by Gasteiger charge is 2.03. The lowest BCUT2D eigenvalue weighted by atomic mass is 10.2. The van der Waals surface area contributed by atoms with Crippen LogP contribution in [0.4, 0.5) is 0 Å². The first kappa shape index (κ1) is 14.2. The molecule has 0 aliphatic rings. The Hall–Kier alpha value is -1.25. The monoisotopic (exact) mass is 271 g/mol. The second-order valence-electron chi connectivity index (χ2n) is 4.92. The third kappa shape index (κ3) is 4.73. The summed E-state index contributed by atoms with van der Waals surface area (Å²) in [6.07, 6.45) is 0. The molecule has 100 valence electrons. The van der Waals surface area contributed by atoms with Crippen LogP contribution in [0.3, 0.4) is 0 Å². The molecule has 2 rings (SSSR count). The lowest BCUT2D eigenvalue weighted by Crippen LogP contribution is -2.22. The van der Waals surface area contributed by atoms with E-state index in [0.29, 0.717) is 6.04 Å². The van der Waals surface area contributed by atoms with Crippen molar-refractivity contribution in [2.24, 2.45) is 0 Å². The highest BCUT2D eigenvalue weighted by Crippen LogP contribution is 2.26. The smallest absolute Gasteiger partial charge is 0.0232 e. The van der Waals surface area contributed by atoms with Gasteiger partial charge in [0.05, 0.1) is 0 Å². The number of hydrogen-bond acceptors (Lipinski definition) is 2. The van der Waals surface area contributed by atoms with Crippen molar-refractivity contribution in [3.63, 3.8) is 0 Å². The Labute approximate surface area is 120 Å². The summed E-state index contributed by atoms with van der Waals surface area (Å²) in [6.45, 7) is 5.30. The van der Waals surface area contributed by atoms with Gasteiger partial charge in [0, 0.05) is 23.2 Å². The van der Waals surface area contributed by atoms with E-state index >= 15 is 0 Å². The first-order chi connectivity index (χ1) is 9.25. The van der Waals surface area contributed by atoms with Crippen LogP contribution in [-0.4, -0.2) is 6.04 Å². The minimum atomic E-state index is 0.521. The summed E-state index contributed by atoms with van der Waals surface area (Å²) in [6, 6.07) is 19.8. The molecular formula is C17H21NS. The van der Waals surface area contributed by atoms with Crippen molar-refractivity contribution in [3.05, 3.63) is 65.7 Å². The summed E-state index contributed by atoms with van der Waals surface area (Å²) in [5.41, 5.74) is 2.76. The summed E-state index contributed by atoms with van der Waals surface area (Å²) < 4.78 is 0. The van der Waals surface area contributed by atoms with Gasteiger partial charge in [0.1, 0.15) is 0 Å². The number of hydrogen-bond donors (Lipinski definition) is 1. The first-order valence-electron chi connectivity index (χ1n) is 6.73. The molecule has 0 fully saturated rings. The van der Waals surface area contributed by atoms with Gasteiger partial charge in [-0.3, -0.25) is 0 Å². The van der Waals surface area contributed by atoms with Gasteiger partial charge in [-0.25, -0.2) is 0 Å². The van der Waals surface area contributed by atoms with E-state index < -0.39 is 0 Å². The fourth-order valence-corrected chi connectivity index (χ4v) is 2.86. The molecule has 0 amide bonds. The van der Waals surface area contributed by atoms with Gasteiger partial charge in [-0.1, -0.05) is 62.4 Å².